The Morgan fingerprint density at radius 1 is 1.25 bits per heavy atom. The molecule has 110 valence electrons. The van der Waals surface area contributed by atoms with Crippen molar-refractivity contribution >= 4 is 16.0 Å². The van der Waals surface area contributed by atoms with Crippen molar-refractivity contribution in [2.45, 2.75) is 24.6 Å². The van der Waals surface area contributed by atoms with Crippen LogP contribution in [-0.2, 0) is 15.8 Å². The number of benzene rings is 1. The summed E-state index contributed by atoms with van der Waals surface area (Å²) < 4.78 is 25.9. The first-order chi connectivity index (χ1) is 9.44. The monoisotopic (exact) mass is 299 g/mol. The van der Waals surface area contributed by atoms with Crippen molar-refractivity contribution in [2.24, 2.45) is 0 Å². The van der Waals surface area contributed by atoms with Crippen LogP contribution < -0.4 is 0 Å². The van der Waals surface area contributed by atoms with Crippen molar-refractivity contribution in [3.8, 4) is 0 Å². The van der Waals surface area contributed by atoms with Crippen LogP contribution in [0.15, 0.2) is 24.3 Å². The van der Waals surface area contributed by atoms with Crippen LogP contribution in [0.5, 0.6) is 0 Å². The van der Waals surface area contributed by atoms with Gasteiger partial charge in [0.25, 0.3) is 0 Å². The molecule has 0 aromatic heterocycles. The molecule has 1 aliphatic rings. The fourth-order valence-corrected chi connectivity index (χ4v) is 3.85. The van der Waals surface area contributed by atoms with Gasteiger partial charge in [0.2, 0.25) is 10.0 Å². The van der Waals surface area contributed by atoms with E-state index in [1.807, 2.05) is 0 Å². The molecule has 1 fully saturated rings. The number of aromatic carboxylic acids is 1. The molecule has 1 saturated carbocycles. The molecule has 0 atom stereocenters. The molecule has 7 heteroatoms. The van der Waals surface area contributed by atoms with E-state index in [9.17, 15) is 13.2 Å². The summed E-state index contributed by atoms with van der Waals surface area (Å²) >= 11 is 0. The van der Waals surface area contributed by atoms with Crippen molar-refractivity contribution in [3.05, 3.63) is 35.4 Å². The van der Waals surface area contributed by atoms with Gasteiger partial charge in [-0.25, -0.2) is 13.2 Å². The van der Waals surface area contributed by atoms with Gasteiger partial charge in [0, 0.05) is 12.6 Å². The van der Waals surface area contributed by atoms with Crippen molar-refractivity contribution in [3.63, 3.8) is 0 Å². The van der Waals surface area contributed by atoms with Gasteiger partial charge in [0.05, 0.1) is 17.9 Å². The zero-order valence-electron chi connectivity index (χ0n) is 10.9. The summed E-state index contributed by atoms with van der Waals surface area (Å²) in [6.45, 7) is -0.0894. The number of carboxylic acids is 1. The second-order valence-corrected chi connectivity index (χ2v) is 6.75. The lowest BCUT2D eigenvalue weighted by atomic mass is 10.1. The molecule has 20 heavy (non-hydrogen) atoms. The molecule has 1 aliphatic carbocycles. The van der Waals surface area contributed by atoms with E-state index >= 15 is 0 Å². The Balaban J connectivity index is 2.12. The maximum absolute atomic E-state index is 12.3. The number of carboxylic acid groups (broad SMARTS) is 1. The first-order valence-electron chi connectivity index (χ1n) is 6.36. The Kier molecular flexibility index (Phi) is 4.42. The molecule has 0 radical (unpaired) electrons. The topological polar surface area (TPSA) is 94.9 Å². The molecule has 0 amide bonds. The molecule has 0 bridgehead atoms. The molecular formula is C13H17NO5S. The van der Waals surface area contributed by atoms with Gasteiger partial charge in [-0.05, 0) is 30.5 Å². The molecule has 1 aromatic carbocycles. The first-order valence-corrected chi connectivity index (χ1v) is 7.97. The lowest BCUT2D eigenvalue weighted by Gasteiger charge is -2.20. The molecular weight excluding hydrogens is 282 g/mol. The fraction of sp³-hybridized carbons (Fsp3) is 0.462. The summed E-state index contributed by atoms with van der Waals surface area (Å²) in [6, 6.07) is 5.79. The number of sulfonamides is 1. The number of nitrogens with zero attached hydrogens (tertiary/aromatic N) is 1. The number of hydrogen-bond acceptors (Lipinski definition) is 4. The van der Waals surface area contributed by atoms with Gasteiger partial charge >= 0.3 is 5.97 Å². The number of carbonyl (C=O) groups is 1. The maximum atomic E-state index is 12.3. The molecule has 1 aromatic rings. The molecule has 2 N–H and O–H groups in total. The molecule has 0 saturated heterocycles. The Morgan fingerprint density at radius 2 is 1.85 bits per heavy atom. The van der Waals surface area contributed by atoms with Gasteiger partial charge in [-0.3, -0.25) is 0 Å². The van der Waals surface area contributed by atoms with Gasteiger partial charge in [-0.2, -0.15) is 4.31 Å². The van der Waals surface area contributed by atoms with Crippen LogP contribution >= 0.6 is 0 Å². The molecule has 2 rings (SSSR count). The predicted molar refractivity (Wildman–Crippen MR) is 72.8 cm³/mol. The third-order valence-electron chi connectivity index (χ3n) is 3.18. The van der Waals surface area contributed by atoms with Gasteiger partial charge in [-0.15, -0.1) is 0 Å². The summed E-state index contributed by atoms with van der Waals surface area (Å²) in [4.78, 5) is 10.7. The minimum absolute atomic E-state index is 0.00504. The highest BCUT2D eigenvalue weighted by Gasteiger charge is 2.36. The third kappa shape index (κ3) is 3.56. The highest BCUT2D eigenvalue weighted by atomic mass is 32.2. The van der Waals surface area contributed by atoms with Gasteiger partial charge in [-0.1, -0.05) is 12.1 Å². The van der Waals surface area contributed by atoms with Crippen LogP contribution in [0.1, 0.15) is 28.8 Å². The lowest BCUT2D eigenvalue weighted by Crippen LogP contribution is -2.36. The van der Waals surface area contributed by atoms with Crippen LogP contribution in [0.25, 0.3) is 0 Å². The lowest BCUT2D eigenvalue weighted by molar-refractivity contribution is 0.0697. The SMILES string of the molecule is O=C(O)c1ccc(CS(=O)(=O)N(CCO)C2CC2)cc1. The Hall–Kier alpha value is -1.44. The Morgan fingerprint density at radius 3 is 2.30 bits per heavy atom. The van der Waals surface area contributed by atoms with Crippen LogP contribution in [0.3, 0.4) is 0 Å². The summed E-state index contributed by atoms with van der Waals surface area (Å²) in [5, 5.41) is 17.8. The van der Waals surface area contributed by atoms with E-state index in [0.29, 0.717) is 5.56 Å². The van der Waals surface area contributed by atoms with Crippen molar-refractivity contribution < 1.29 is 23.4 Å². The largest absolute Gasteiger partial charge is 0.478 e. The smallest absolute Gasteiger partial charge is 0.335 e. The summed E-state index contributed by atoms with van der Waals surface area (Å²) in [5.74, 6) is -1.22. The predicted octanol–water partition coefficient (Wildman–Crippen LogP) is 0.671. The Bertz CT molecular complexity index is 577. The third-order valence-corrected chi connectivity index (χ3v) is 5.08. The maximum Gasteiger partial charge on any atom is 0.335 e. The zero-order chi connectivity index (χ0) is 14.8. The van der Waals surface area contributed by atoms with Crippen LogP contribution in [0, 0.1) is 0 Å². The molecule has 6 nitrogen and oxygen atoms in total. The highest BCUT2D eigenvalue weighted by molar-refractivity contribution is 7.88. The van der Waals surface area contributed by atoms with E-state index in [1.54, 1.807) is 0 Å². The summed E-state index contributed by atoms with van der Waals surface area (Å²) in [6.07, 6.45) is 1.66. The second kappa shape index (κ2) is 5.90. The van der Waals surface area contributed by atoms with Crippen molar-refractivity contribution in [1.29, 1.82) is 0 Å². The van der Waals surface area contributed by atoms with E-state index in [1.165, 1.54) is 28.6 Å². The normalized spacial score (nSPS) is 15.5. The standard InChI is InChI=1S/C13H17NO5S/c15-8-7-14(12-5-6-12)20(18,19)9-10-1-3-11(4-2-10)13(16)17/h1-4,12,15H,5-9H2,(H,16,17). The summed E-state index contributed by atoms with van der Waals surface area (Å²) in [7, 11) is -3.48. The van der Waals surface area contributed by atoms with Gasteiger partial charge in [0.15, 0.2) is 0 Å². The quantitative estimate of drug-likeness (QED) is 0.771. The number of aliphatic hydroxyl groups is 1. The fourth-order valence-electron chi connectivity index (χ4n) is 2.05. The highest BCUT2D eigenvalue weighted by Crippen LogP contribution is 2.30. The minimum Gasteiger partial charge on any atom is -0.478 e. The number of aliphatic hydroxyl groups excluding tert-OH is 1. The summed E-state index contributed by atoms with van der Waals surface area (Å²) in [5.41, 5.74) is 0.666. The van der Waals surface area contributed by atoms with Gasteiger partial charge in [0.1, 0.15) is 0 Å². The van der Waals surface area contributed by atoms with Crippen molar-refractivity contribution in [1.82, 2.24) is 4.31 Å². The molecule has 0 aliphatic heterocycles. The first kappa shape index (κ1) is 15.0. The molecule has 0 heterocycles. The average molecular weight is 299 g/mol. The average Bonchev–Trinajstić information content (AvgIpc) is 3.20. The van der Waals surface area contributed by atoms with E-state index in [4.69, 9.17) is 10.2 Å². The van der Waals surface area contributed by atoms with E-state index in [0.717, 1.165) is 12.8 Å². The van der Waals surface area contributed by atoms with Crippen LogP contribution in [0.2, 0.25) is 0 Å². The number of rotatable bonds is 7. The van der Waals surface area contributed by atoms with Crippen LogP contribution in [0.4, 0.5) is 0 Å². The van der Waals surface area contributed by atoms with Gasteiger partial charge < -0.3 is 10.2 Å². The second-order valence-electron chi connectivity index (χ2n) is 4.82. The van der Waals surface area contributed by atoms with Crippen molar-refractivity contribution in [2.75, 3.05) is 13.2 Å². The Labute approximate surface area is 117 Å². The van der Waals surface area contributed by atoms with Crippen LogP contribution in [-0.4, -0.2) is 48.1 Å². The van der Waals surface area contributed by atoms with E-state index < -0.39 is 16.0 Å². The van der Waals surface area contributed by atoms with E-state index in [-0.39, 0.29) is 30.5 Å². The molecule has 0 unspecified atom stereocenters. The minimum atomic E-state index is -3.48. The number of hydrogen-bond donors (Lipinski definition) is 2. The van der Waals surface area contributed by atoms with E-state index in [2.05, 4.69) is 0 Å². The zero-order valence-corrected chi connectivity index (χ0v) is 11.7. The molecule has 0 spiro atoms.